The lowest BCUT2D eigenvalue weighted by atomic mass is 10.3. The number of carbonyl (C=O) groups excluding carboxylic acids is 1. The highest BCUT2D eigenvalue weighted by atomic mass is 16.5. The maximum Gasteiger partial charge on any atom is 0.305 e. The normalized spacial score (nSPS) is 10.5. The molecule has 0 aliphatic heterocycles. The minimum atomic E-state index is -0.118. The van der Waals surface area contributed by atoms with Crippen LogP contribution in [0, 0.1) is 0 Å². The average molecular weight is 239 g/mol. The molecule has 0 aliphatic carbocycles. The number of imidazole rings is 1. The molecular formula is C12H21N3O2. The molecule has 0 fully saturated rings. The second-order valence-corrected chi connectivity index (χ2v) is 3.76. The Kier molecular flexibility index (Phi) is 6.32. The number of hydrogen-bond acceptors (Lipinski definition) is 4. The number of hydrogen-bond donors (Lipinski definition) is 1. The molecule has 1 heterocycles. The standard InChI is InChI=1S/C12H21N3O2/c1-3-15-10-14-9-11(15)8-13-7-5-6-12(16)17-4-2/h9-10,13H,3-8H2,1-2H3. The number of esters is 1. The molecule has 0 saturated carbocycles. The van der Waals surface area contributed by atoms with Gasteiger partial charge < -0.3 is 14.6 Å². The Bertz CT molecular complexity index is 336. The van der Waals surface area contributed by atoms with E-state index in [0.29, 0.717) is 13.0 Å². The van der Waals surface area contributed by atoms with Gasteiger partial charge in [0.15, 0.2) is 0 Å². The van der Waals surface area contributed by atoms with E-state index >= 15 is 0 Å². The average Bonchev–Trinajstić information content (AvgIpc) is 2.76. The molecule has 0 amide bonds. The molecule has 96 valence electrons. The van der Waals surface area contributed by atoms with Crippen LogP contribution >= 0.6 is 0 Å². The fraction of sp³-hybridized carbons (Fsp3) is 0.667. The van der Waals surface area contributed by atoms with Gasteiger partial charge in [0.1, 0.15) is 0 Å². The van der Waals surface area contributed by atoms with Crippen LogP contribution < -0.4 is 5.32 Å². The van der Waals surface area contributed by atoms with Gasteiger partial charge in [-0.05, 0) is 26.8 Å². The fourth-order valence-electron chi connectivity index (χ4n) is 1.59. The van der Waals surface area contributed by atoms with Gasteiger partial charge in [-0.3, -0.25) is 4.79 Å². The topological polar surface area (TPSA) is 56.1 Å². The number of aryl methyl sites for hydroxylation is 1. The van der Waals surface area contributed by atoms with Crippen molar-refractivity contribution in [1.82, 2.24) is 14.9 Å². The van der Waals surface area contributed by atoms with Gasteiger partial charge in [0.05, 0.1) is 18.6 Å². The zero-order chi connectivity index (χ0) is 12.5. The molecule has 1 rings (SSSR count). The van der Waals surface area contributed by atoms with Crippen molar-refractivity contribution in [3.63, 3.8) is 0 Å². The summed E-state index contributed by atoms with van der Waals surface area (Å²) in [6.45, 7) is 6.90. The van der Waals surface area contributed by atoms with Gasteiger partial charge >= 0.3 is 5.97 Å². The largest absolute Gasteiger partial charge is 0.466 e. The Hall–Kier alpha value is -1.36. The maximum atomic E-state index is 11.1. The number of nitrogens with zero attached hydrogens (tertiary/aromatic N) is 2. The van der Waals surface area contributed by atoms with Crippen molar-refractivity contribution in [2.45, 2.75) is 39.8 Å². The monoisotopic (exact) mass is 239 g/mol. The third-order valence-electron chi connectivity index (χ3n) is 2.49. The lowest BCUT2D eigenvalue weighted by Gasteiger charge is -2.06. The lowest BCUT2D eigenvalue weighted by Crippen LogP contribution is -2.18. The van der Waals surface area contributed by atoms with Gasteiger partial charge in [-0.2, -0.15) is 0 Å². The summed E-state index contributed by atoms with van der Waals surface area (Å²) < 4.78 is 6.95. The Morgan fingerprint density at radius 1 is 1.53 bits per heavy atom. The second kappa shape index (κ2) is 7.84. The Balaban J connectivity index is 2.10. The van der Waals surface area contributed by atoms with E-state index in [0.717, 1.165) is 26.1 Å². The first kappa shape index (κ1) is 13.7. The molecule has 17 heavy (non-hydrogen) atoms. The molecule has 0 spiro atoms. The van der Waals surface area contributed by atoms with Gasteiger partial charge in [-0.15, -0.1) is 0 Å². The van der Waals surface area contributed by atoms with Crippen LogP contribution in [0.15, 0.2) is 12.5 Å². The quantitative estimate of drug-likeness (QED) is 0.549. The van der Waals surface area contributed by atoms with Gasteiger partial charge in [0.2, 0.25) is 0 Å². The van der Waals surface area contributed by atoms with Gasteiger partial charge in [0.25, 0.3) is 0 Å². The van der Waals surface area contributed by atoms with Gasteiger partial charge in [0, 0.05) is 25.7 Å². The molecule has 5 heteroatoms. The van der Waals surface area contributed by atoms with Crippen molar-refractivity contribution in [2.75, 3.05) is 13.2 Å². The summed E-state index contributed by atoms with van der Waals surface area (Å²) in [6.07, 6.45) is 4.98. The Morgan fingerprint density at radius 3 is 3.06 bits per heavy atom. The van der Waals surface area contributed by atoms with Crippen LogP contribution in [0.1, 0.15) is 32.4 Å². The highest BCUT2D eigenvalue weighted by molar-refractivity contribution is 5.69. The van der Waals surface area contributed by atoms with Crippen LogP contribution in [0.2, 0.25) is 0 Å². The molecule has 0 saturated heterocycles. The van der Waals surface area contributed by atoms with Crippen LogP contribution in [0.3, 0.4) is 0 Å². The maximum absolute atomic E-state index is 11.1. The minimum absolute atomic E-state index is 0.118. The van der Waals surface area contributed by atoms with Crippen molar-refractivity contribution >= 4 is 5.97 Å². The van der Waals surface area contributed by atoms with E-state index < -0.39 is 0 Å². The van der Waals surface area contributed by atoms with Crippen LogP contribution in [-0.4, -0.2) is 28.7 Å². The molecule has 1 aromatic rings. The number of nitrogens with one attached hydrogen (secondary N) is 1. The van der Waals surface area contributed by atoms with E-state index in [1.54, 1.807) is 0 Å². The molecule has 1 N–H and O–H groups in total. The first-order valence-electron chi connectivity index (χ1n) is 6.13. The summed E-state index contributed by atoms with van der Waals surface area (Å²) in [7, 11) is 0. The summed E-state index contributed by atoms with van der Waals surface area (Å²) in [5, 5.41) is 3.29. The number of aromatic nitrogens is 2. The third kappa shape index (κ3) is 4.99. The lowest BCUT2D eigenvalue weighted by molar-refractivity contribution is -0.143. The number of carbonyl (C=O) groups is 1. The SMILES string of the molecule is CCOC(=O)CCCNCc1cncn1CC. The van der Waals surface area contributed by atoms with Gasteiger partial charge in [-0.1, -0.05) is 0 Å². The van der Waals surface area contributed by atoms with Crippen LogP contribution in [0.4, 0.5) is 0 Å². The molecule has 0 radical (unpaired) electrons. The summed E-state index contributed by atoms with van der Waals surface area (Å²) >= 11 is 0. The van der Waals surface area contributed by atoms with E-state index in [1.807, 2.05) is 19.4 Å². The first-order valence-corrected chi connectivity index (χ1v) is 6.13. The second-order valence-electron chi connectivity index (χ2n) is 3.76. The molecule has 0 aliphatic rings. The van der Waals surface area contributed by atoms with Crippen molar-refractivity contribution in [2.24, 2.45) is 0 Å². The molecule has 0 aromatic carbocycles. The molecule has 1 aromatic heterocycles. The fourth-order valence-corrected chi connectivity index (χ4v) is 1.59. The highest BCUT2D eigenvalue weighted by Gasteiger charge is 2.02. The van der Waals surface area contributed by atoms with Crippen molar-refractivity contribution in [3.05, 3.63) is 18.2 Å². The summed E-state index contributed by atoms with van der Waals surface area (Å²) in [4.78, 5) is 15.2. The van der Waals surface area contributed by atoms with E-state index in [9.17, 15) is 4.79 Å². The van der Waals surface area contributed by atoms with Crippen LogP contribution in [-0.2, 0) is 22.6 Å². The Morgan fingerprint density at radius 2 is 2.35 bits per heavy atom. The van der Waals surface area contributed by atoms with Crippen molar-refractivity contribution in [1.29, 1.82) is 0 Å². The van der Waals surface area contributed by atoms with Crippen molar-refractivity contribution < 1.29 is 9.53 Å². The van der Waals surface area contributed by atoms with Crippen LogP contribution in [0.25, 0.3) is 0 Å². The first-order chi connectivity index (χ1) is 8.27. The summed E-state index contributed by atoms with van der Waals surface area (Å²) in [6, 6.07) is 0. The minimum Gasteiger partial charge on any atom is -0.466 e. The molecular weight excluding hydrogens is 218 g/mol. The van der Waals surface area contributed by atoms with E-state index in [1.165, 1.54) is 5.69 Å². The molecule has 0 atom stereocenters. The predicted molar refractivity (Wildman–Crippen MR) is 65.5 cm³/mol. The van der Waals surface area contributed by atoms with Gasteiger partial charge in [-0.25, -0.2) is 4.98 Å². The van der Waals surface area contributed by atoms with Crippen molar-refractivity contribution in [3.8, 4) is 0 Å². The predicted octanol–water partition coefficient (Wildman–Crippen LogP) is 1.34. The molecule has 5 nitrogen and oxygen atoms in total. The zero-order valence-corrected chi connectivity index (χ0v) is 10.6. The summed E-state index contributed by atoms with van der Waals surface area (Å²) in [5.41, 5.74) is 1.17. The third-order valence-corrected chi connectivity index (χ3v) is 2.49. The van der Waals surface area contributed by atoms with Crippen LogP contribution in [0.5, 0.6) is 0 Å². The Labute approximate surface area is 102 Å². The highest BCUT2D eigenvalue weighted by Crippen LogP contribution is 1.98. The smallest absolute Gasteiger partial charge is 0.305 e. The van der Waals surface area contributed by atoms with E-state index in [4.69, 9.17) is 4.74 Å². The number of rotatable bonds is 8. The van der Waals surface area contributed by atoms with E-state index in [-0.39, 0.29) is 5.97 Å². The van der Waals surface area contributed by atoms with E-state index in [2.05, 4.69) is 21.8 Å². The number of ether oxygens (including phenoxy) is 1. The molecule has 0 bridgehead atoms. The summed E-state index contributed by atoms with van der Waals surface area (Å²) in [5.74, 6) is -0.118. The zero-order valence-electron chi connectivity index (χ0n) is 10.6. The molecule has 0 unspecified atom stereocenters.